The van der Waals surface area contributed by atoms with Gasteiger partial charge in [0.1, 0.15) is 5.84 Å². The van der Waals surface area contributed by atoms with Crippen LogP contribution in [0.4, 0.5) is 23.5 Å². The zero-order valence-electron chi connectivity index (χ0n) is 20.0. The average molecular weight is 467 g/mol. The standard InChI is InChI=1S/C27H30N8/c1-34-12-14-35(15-13-34)27-32-25(29-23-11-10-20-8-5-9-21(20)16-23)31-26(33-27)30-24-17-22(18-28-24)19-6-3-2-4-7-19/h2-4,6-7,10-11,16-17H,5,8-9,12-15,18H2,1H3,(H2,28,29,30,31,32,33). The van der Waals surface area contributed by atoms with Crippen LogP contribution in [0.15, 0.2) is 59.6 Å². The number of likely N-dealkylation sites (N-methyl/N-ethyl adjacent to an activating group) is 1. The van der Waals surface area contributed by atoms with Crippen molar-refractivity contribution in [3.63, 3.8) is 0 Å². The smallest absolute Gasteiger partial charge is 0.235 e. The minimum Gasteiger partial charge on any atom is -0.338 e. The molecule has 0 spiro atoms. The number of benzene rings is 2. The van der Waals surface area contributed by atoms with Crippen LogP contribution in [0.1, 0.15) is 23.1 Å². The molecule has 2 aliphatic heterocycles. The second-order valence-corrected chi connectivity index (χ2v) is 9.40. The van der Waals surface area contributed by atoms with Gasteiger partial charge in [-0.05, 0) is 66.8 Å². The number of piperazine rings is 1. The van der Waals surface area contributed by atoms with Gasteiger partial charge in [0, 0.05) is 31.9 Å². The molecule has 0 saturated carbocycles. The maximum absolute atomic E-state index is 4.79. The van der Waals surface area contributed by atoms with Crippen LogP contribution in [-0.4, -0.2) is 65.5 Å². The van der Waals surface area contributed by atoms with E-state index in [4.69, 9.17) is 15.0 Å². The molecule has 8 nitrogen and oxygen atoms in total. The topological polar surface area (TPSA) is 81.6 Å². The molecule has 3 heterocycles. The summed E-state index contributed by atoms with van der Waals surface area (Å²) in [5.41, 5.74) is 6.24. The number of nitrogens with zero attached hydrogens (tertiary/aromatic N) is 6. The molecule has 0 radical (unpaired) electrons. The highest BCUT2D eigenvalue weighted by Gasteiger charge is 2.20. The Kier molecular flexibility index (Phi) is 5.88. The van der Waals surface area contributed by atoms with Gasteiger partial charge in [0.25, 0.3) is 0 Å². The summed E-state index contributed by atoms with van der Waals surface area (Å²) in [5, 5.41) is 6.76. The molecule has 1 saturated heterocycles. The molecule has 3 aromatic rings. The van der Waals surface area contributed by atoms with Crippen molar-refractivity contribution in [1.82, 2.24) is 19.9 Å². The van der Waals surface area contributed by atoms with Crippen LogP contribution in [0.2, 0.25) is 0 Å². The van der Waals surface area contributed by atoms with Gasteiger partial charge in [-0.2, -0.15) is 15.0 Å². The monoisotopic (exact) mass is 466 g/mol. The van der Waals surface area contributed by atoms with Gasteiger partial charge in [0.05, 0.1) is 6.54 Å². The highest BCUT2D eigenvalue weighted by atomic mass is 15.4. The summed E-state index contributed by atoms with van der Waals surface area (Å²) in [7, 11) is 2.15. The third-order valence-corrected chi connectivity index (χ3v) is 6.88. The molecular weight excluding hydrogens is 436 g/mol. The Morgan fingerprint density at radius 3 is 2.40 bits per heavy atom. The fourth-order valence-electron chi connectivity index (χ4n) is 4.85. The fourth-order valence-corrected chi connectivity index (χ4v) is 4.85. The van der Waals surface area contributed by atoms with E-state index in [1.165, 1.54) is 35.1 Å². The molecule has 3 aliphatic rings. The molecule has 0 atom stereocenters. The quantitative estimate of drug-likeness (QED) is 0.592. The molecule has 0 unspecified atom stereocenters. The lowest BCUT2D eigenvalue weighted by molar-refractivity contribution is 0.311. The summed E-state index contributed by atoms with van der Waals surface area (Å²) in [6.45, 7) is 4.38. The maximum Gasteiger partial charge on any atom is 0.235 e. The van der Waals surface area contributed by atoms with E-state index >= 15 is 0 Å². The highest BCUT2D eigenvalue weighted by Crippen LogP contribution is 2.27. The van der Waals surface area contributed by atoms with E-state index in [0.717, 1.165) is 44.1 Å². The lowest BCUT2D eigenvalue weighted by Crippen LogP contribution is -2.45. The average Bonchev–Trinajstić information content (AvgIpc) is 3.54. The molecule has 8 heteroatoms. The Morgan fingerprint density at radius 2 is 1.57 bits per heavy atom. The van der Waals surface area contributed by atoms with Crippen molar-refractivity contribution >= 4 is 34.9 Å². The predicted molar refractivity (Wildman–Crippen MR) is 142 cm³/mol. The Labute approximate surface area is 205 Å². The summed E-state index contributed by atoms with van der Waals surface area (Å²) < 4.78 is 0. The summed E-state index contributed by atoms with van der Waals surface area (Å²) in [4.78, 5) is 23.5. The molecule has 2 N–H and O–H groups in total. The predicted octanol–water partition coefficient (Wildman–Crippen LogP) is 3.76. The van der Waals surface area contributed by atoms with Crippen LogP contribution in [0.3, 0.4) is 0 Å². The van der Waals surface area contributed by atoms with Crippen LogP contribution in [0.5, 0.6) is 0 Å². The van der Waals surface area contributed by atoms with E-state index < -0.39 is 0 Å². The van der Waals surface area contributed by atoms with Crippen molar-refractivity contribution in [1.29, 1.82) is 0 Å². The van der Waals surface area contributed by atoms with Gasteiger partial charge >= 0.3 is 0 Å². The van der Waals surface area contributed by atoms with Crippen LogP contribution in [0, 0.1) is 0 Å². The van der Waals surface area contributed by atoms with E-state index in [9.17, 15) is 0 Å². The van der Waals surface area contributed by atoms with E-state index in [1.807, 2.05) is 18.2 Å². The molecule has 1 aliphatic carbocycles. The SMILES string of the molecule is CN1CCN(c2nc(NC3=NCC(c4ccccc4)=C3)nc(Nc3ccc4c(c3)CCC4)n2)CC1. The summed E-state index contributed by atoms with van der Waals surface area (Å²) in [5.74, 6) is 2.50. The van der Waals surface area contributed by atoms with Gasteiger partial charge in [-0.3, -0.25) is 4.99 Å². The van der Waals surface area contributed by atoms with Gasteiger partial charge < -0.3 is 20.4 Å². The van der Waals surface area contributed by atoms with E-state index in [-0.39, 0.29) is 0 Å². The van der Waals surface area contributed by atoms with Crippen molar-refractivity contribution in [2.24, 2.45) is 4.99 Å². The Balaban J connectivity index is 1.27. The number of aryl methyl sites for hydroxylation is 2. The van der Waals surface area contributed by atoms with Crippen LogP contribution >= 0.6 is 0 Å². The zero-order chi connectivity index (χ0) is 23.6. The number of hydrogen-bond acceptors (Lipinski definition) is 8. The van der Waals surface area contributed by atoms with Crippen molar-refractivity contribution in [2.45, 2.75) is 19.3 Å². The lowest BCUT2D eigenvalue weighted by Gasteiger charge is -2.32. The van der Waals surface area contributed by atoms with Gasteiger partial charge in [-0.25, -0.2) is 0 Å². The molecule has 1 fully saturated rings. The van der Waals surface area contributed by atoms with Crippen molar-refractivity contribution in [2.75, 3.05) is 55.3 Å². The minimum atomic E-state index is 0.502. The minimum absolute atomic E-state index is 0.502. The first-order valence-corrected chi connectivity index (χ1v) is 12.4. The zero-order valence-corrected chi connectivity index (χ0v) is 20.0. The first-order valence-electron chi connectivity index (χ1n) is 12.4. The first-order chi connectivity index (χ1) is 17.2. The number of hydrogen-bond donors (Lipinski definition) is 2. The second kappa shape index (κ2) is 9.46. The normalized spacial score (nSPS) is 17.7. The van der Waals surface area contributed by atoms with Crippen LogP contribution in [-0.2, 0) is 12.8 Å². The van der Waals surface area contributed by atoms with Crippen LogP contribution < -0.4 is 15.5 Å². The number of anilines is 4. The fraction of sp³-hybridized carbons (Fsp3) is 0.333. The number of rotatable bonds is 5. The summed E-state index contributed by atoms with van der Waals surface area (Å²) in [6.07, 6.45) is 5.61. The first kappa shape index (κ1) is 21.7. The van der Waals surface area contributed by atoms with Gasteiger partial charge in [0.2, 0.25) is 17.8 Å². The molecule has 178 valence electrons. The van der Waals surface area contributed by atoms with Gasteiger partial charge in [-0.15, -0.1) is 0 Å². The summed E-state index contributed by atoms with van der Waals surface area (Å²) >= 11 is 0. The molecule has 0 bridgehead atoms. The van der Waals surface area contributed by atoms with Crippen LogP contribution in [0.25, 0.3) is 5.57 Å². The number of amidine groups is 1. The second-order valence-electron chi connectivity index (χ2n) is 9.40. The highest BCUT2D eigenvalue weighted by molar-refractivity contribution is 6.10. The van der Waals surface area contributed by atoms with E-state index in [2.05, 4.69) is 68.9 Å². The summed E-state index contributed by atoms with van der Waals surface area (Å²) in [6, 6.07) is 16.9. The number of aromatic nitrogens is 3. The molecule has 0 amide bonds. The molecule has 2 aromatic carbocycles. The maximum atomic E-state index is 4.79. The molecule has 6 rings (SSSR count). The number of nitrogens with one attached hydrogen (secondary N) is 2. The largest absolute Gasteiger partial charge is 0.338 e. The van der Waals surface area contributed by atoms with E-state index in [0.29, 0.717) is 24.4 Å². The van der Waals surface area contributed by atoms with Gasteiger partial charge in [-0.1, -0.05) is 36.4 Å². The molecular formula is C27H30N8. The third-order valence-electron chi connectivity index (χ3n) is 6.88. The Hall–Kier alpha value is -3.78. The molecule has 1 aromatic heterocycles. The van der Waals surface area contributed by atoms with Crippen molar-refractivity contribution < 1.29 is 0 Å². The van der Waals surface area contributed by atoms with E-state index in [1.54, 1.807) is 0 Å². The number of aliphatic imine (C=N–C) groups is 1. The number of fused-ring (bicyclic) bond motifs is 1. The lowest BCUT2D eigenvalue weighted by atomic mass is 10.1. The van der Waals surface area contributed by atoms with Gasteiger partial charge in [0.15, 0.2) is 0 Å². The van der Waals surface area contributed by atoms with Crippen molar-refractivity contribution in [3.05, 3.63) is 71.3 Å². The van der Waals surface area contributed by atoms with Crippen molar-refractivity contribution in [3.8, 4) is 0 Å². The Morgan fingerprint density at radius 1 is 0.800 bits per heavy atom. The Bertz CT molecular complexity index is 1280. The molecule has 35 heavy (non-hydrogen) atoms. The third kappa shape index (κ3) is 4.88.